The second-order valence-electron chi connectivity index (χ2n) is 6.86. The van der Waals surface area contributed by atoms with Crippen LogP contribution in [0.5, 0.6) is 5.75 Å². The van der Waals surface area contributed by atoms with Gasteiger partial charge in [-0.2, -0.15) is 0 Å². The Morgan fingerprint density at radius 1 is 1.14 bits per heavy atom. The van der Waals surface area contributed by atoms with Crippen LogP contribution in [0, 0.1) is 13.8 Å². The van der Waals surface area contributed by atoms with Crippen molar-refractivity contribution in [3.05, 3.63) is 59.2 Å². The molecule has 2 aromatic rings. The normalized spacial score (nSPS) is 12.3. The summed E-state index contributed by atoms with van der Waals surface area (Å²) in [7, 11) is -2.09. The van der Waals surface area contributed by atoms with Crippen molar-refractivity contribution in [2.24, 2.45) is 0 Å². The van der Waals surface area contributed by atoms with Crippen molar-refractivity contribution in [1.82, 2.24) is 5.32 Å². The van der Waals surface area contributed by atoms with Gasteiger partial charge in [-0.1, -0.05) is 31.2 Å². The summed E-state index contributed by atoms with van der Waals surface area (Å²) >= 11 is 0. The lowest BCUT2D eigenvalue weighted by Crippen LogP contribution is -2.49. The molecule has 0 saturated heterocycles. The van der Waals surface area contributed by atoms with E-state index in [1.165, 1.54) is 4.31 Å². The molecule has 7 heteroatoms. The fourth-order valence-corrected chi connectivity index (χ4v) is 4.48. The van der Waals surface area contributed by atoms with E-state index in [2.05, 4.69) is 5.32 Å². The molecule has 0 aliphatic rings. The first-order valence-corrected chi connectivity index (χ1v) is 11.0. The fourth-order valence-electron chi connectivity index (χ4n) is 3.29. The number of benzene rings is 2. The van der Waals surface area contributed by atoms with E-state index in [1.807, 2.05) is 44.2 Å². The van der Waals surface area contributed by atoms with E-state index in [9.17, 15) is 13.2 Å². The lowest BCUT2D eigenvalue weighted by Gasteiger charge is -2.30. The van der Waals surface area contributed by atoms with Crippen molar-refractivity contribution in [3.63, 3.8) is 0 Å². The number of rotatable bonds is 8. The average Bonchev–Trinajstić information content (AvgIpc) is 2.62. The van der Waals surface area contributed by atoms with Crippen LogP contribution in [0.25, 0.3) is 0 Å². The summed E-state index contributed by atoms with van der Waals surface area (Å²) in [4.78, 5) is 12.9. The van der Waals surface area contributed by atoms with Gasteiger partial charge in [0.15, 0.2) is 0 Å². The van der Waals surface area contributed by atoms with Gasteiger partial charge in [-0.25, -0.2) is 8.42 Å². The number of hydrogen-bond donors (Lipinski definition) is 1. The quantitative estimate of drug-likeness (QED) is 0.733. The van der Waals surface area contributed by atoms with E-state index in [0.717, 1.165) is 22.9 Å². The maximum Gasteiger partial charge on any atom is 0.244 e. The molecular weight excluding hydrogens is 376 g/mol. The third-order valence-electron chi connectivity index (χ3n) is 4.44. The first-order chi connectivity index (χ1) is 13.2. The minimum atomic E-state index is -3.66. The Balaban J connectivity index is 2.31. The van der Waals surface area contributed by atoms with Gasteiger partial charge in [-0.05, 0) is 49.6 Å². The van der Waals surface area contributed by atoms with Crippen LogP contribution in [0.4, 0.5) is 5.69 Å². The van der Waals surface area contributed by atoms with Crippen molar-refractivity contribution in [1.29, 1.82) is 0 Å². The third kappa shape index (κ3) is 5.25. The van der Waals surface area contributed by atoms with E-state index in [4.69, 9.17) is 4.74 Å². The Hall–Kier alpha value is -2.54. The number of carbonyl (C=O) groups is 1. The Bertz CT molecular complexity index is 921. The van der Waals surface area contributed by atoms with Crippen LogP contribution in [-0.4, -0.2) is 33.7 Å². The number of sulfonamides is 1. The molecule has 28 heavy (non-hydrogen) atoms. The highest BCUT2D eigenvalue weighted by atomic mass is 32.2. The summed E-state index contributed by atoms with van der Waals surface area (Å²) in [6.07, 6.45) is 1.47. The minimum Gasteiger partial charge on any atom is -0.496 e. The van der Waals surface area contributed by atoms with Crippen LogP contribution in [0.3, 0.4) is 0 Å². The first kappa shape index (κ1) is 21.8. The summed E-state index contributed by atoms with van der Waals surface area (Å²) in [6, 6.07) is 12.1. The molecule has 0 radical (unpaired) electrons. The van der Waals surface area contributed by atoms with Crippen molar-refractivity contribution < 1.29 is 17.9 Å². The molecule has 1 atom stereocenters. The lowest BCUT2D eigenvalue weighted by molar-refractivity contribution is -0.122. The Morgan fingerprint density at radius 3 is 2.29 bits per heavy atom. The van der Waals surface area contributed by atoms with Crippen molar-refractivity contribution in [2.45, 2.75) is 39.8 Å². The van der Waals surface area contributed by atoms with Gasteiger partial charge < -0.3 is 10.1 Å². The number of para-hydroxylation sites is 1. The largest absolute Gasteiger partial charge is 0.496 e. The summed E-state index contributed by atoms with van der Waals surface area (Å²) in [5.41, 5.74) is 3.20. The molecule has 1 N–H and O–H groups in total. The number of carbonyl (C=O) groups excluding carboxylic acids is 1. The zero-order valence-electron chi connectivity index (χ0n) is 17.0. The topological polar surface area (TPSA) is 75.7 Å². The molecule has 0 fully saturated rings. The van der Waals surface area contributed by atoms with Crippen molar-refractivity contribution >= 4 is 21.6 Å². The monoisotopic (exact) mass is 404 g/mol. The predicted octanol–water partition coefficient (Wildman–Crippen LogP) is 3.17. The molecule has 1 amide bonds. The van der Waals surface area contributed by atoms with Gasteiger partial charge in [-0.3, -0.25) is 9.10 Å². The molecule has 0 aliphatic carbocycles. The molecule has 152 valence electrons. The van der Waals surface area contributed by atoms with Crippen LogP contribution in [0.2, 0.25) is 0 Å². The van der Waals surface area contributed by atoms with E-state index >= 15 is 0 Å². The molecule has 6 nitrogen and oxygen atoms in total. The third-order valence-corrected chi connectivity index (χ3v) is 5.62. The summed E-state index contributed by atoms with van der Waals surface area (Å²) in [5, 5.41) is 2.85. The number of aryl methyl sites for hydroxylation is 2. The highest BCUT2D eigenvalue weighted by Crippen LogP contribution is 2.25. The van der Waals surface area contributed by atoms with E-state index in [-0.39, 0.29) is 12.5 Å². The van der Waals surface area contributed by atoms with Gasteiger partial charge >= 0.3 is 0 Å². The molecule has 0 saturated carbocycles. The molecule has 0 aromatic heterocycles. The first-order valence-electron chi connectivity index (χ1n) is 9.14. The van der Waals surface area contributed by atoms with E-state index < -0.39 is 16.1 Å². The molecule has 0 aliphatic heterocycles. The number of anilines is 1. The van der Waals surface area contributed by atoms with E-state index in [0.29, 0.717) is 17.9 Å². The minimum absolute atomic E-state index is 0.254. The zero-order valence-corrected chi connectivity index (χ0v) is 17.8. The molecule has 0 spiro atoms. The van der Waals surface area contributed by atoms with Crippen LogP contribution < -0.4 is 14.4 Å². The highest BCUT2D eigenvalue weighted by molar-refractivity contribution is 7.92. The maximum absolute atomic E-state index is 12.9. The molecular formula is C21H28N2O4S. The number of methoxy groups -OCH3 is 1. The Morgan fingerprint density at radius 2 is 1.75 bits per heavy atom. The molecule has 0 bridgehead atoms. The molecule has 2 aromatic carbocycles. The van der Waals surface area contributed by atoms with Gasteiger partial charge in [0.2, 0.25) is 15.9 Å². The van der Waals surface area contributed by atoms with Gasteiger partial charge in [-0.15, -0.1) is 0 Å². The van der Waals surface area contributed by atoms with Gasteiger partial charge in [0.1, 0.15) is 11.8 Å². The van der Waals surface area contributed by atoms with Gasteiger partial charge in [0, 0.05) is 12.1 Å². The summed E-state index contributed by atoms with van der Waals surface area (Å²) in [6.45, 7) is 5.86. The van der Waals surface area contributed by atoms with Crippen molar-refractivity contribution in [3.8, 4) is 5.75 Å². The average molecular weight is 405 g/mol. The highest BCUT2D eigenvalue weighted by Gasteiger charge is 2.31. The van der Waals surface area contributed by atoms with E-state index in [1.54, 1.807) is 26.2 Å². The fraction of sp³-hybridized carbons (Fsp3) is 0.381. The zero-order chi connectivity index (χ0) is 20.9. The van der Waals surface area contributed by atoms with Crippen molar-refractivity contribution in [2.75, 3.05) is 17.7 Å². The molecule has 0 unspecified atom stereocenters. The second-order valence-corrected chi connectivity index (χ2v) is 8.72. The number of nitrogens with zero attached hydrogens (tertiary/aromatic N) is 1. The van der Waals surface area contributed by atoms with Crippen LogP contribution >= 0.6 is 0 Å². The number of hydrogen-bond acceptors (Lipinski definition) is 4. The number of amides is 1. The maximum atomic E-state index is 12.9. The number of nitrogens with one attached hydrogen (secondary N) is 1. The smallest absolute Gasteiger partial charge is 0.244 e. The lowest BCUT2D eigenvalue weighted by atomic mass is 10.1. The number of ether oxygens (including phenoxy) is 1. The van der Waals surface area contributed by atoms with Crippen LogP contribution in [0.1, 0.15) is 30.0 Å². The van der Waals surface area contributed by atoms with Gasteiger partial charge in [0.05, 0.1) is 19.1 Å². The predicted molar refractivity (Wildman–Crippen MR) is 112 cm³/mol. The SMILES string of the molecule is CC[C@@H](C(=O)NCc1ccccc1OC)N(c1cc(C)cc(C)c1)S(C)(=O)=O. The molecule has 2 rings (SSSR count). The van der Waals surface area contributed by atoms with Gasteiger partial charge in [0.25, 0.3) is 0 Å². The summed E-state index contributed by atoms with van der Waals surface area (Å²) in [5.74, 6) is 0.322. The standard InChI is InChI=1S/C21H28N2O4S/c1-6-19(21(24)22-14-17-9-7-8-10-20(17)27-4)23(28(5,25)26)18-12-15(2)11-16(3)13-18/h7-13,19H,6,14H2,1-5H3,(H,22,24)/t19-/m0/s1. The van der Waals surface area contributed by atoms with Crippen LogP contribution in [0.15, 0.2) is 42.5 Å². The Kier molecular flexibility index (Phi) is 7.07. The second kappa shape index (κ2) is 9.10. The van der Waals surface area contributed by atoms with Crippen LogP contribution in [-0.2, 0) is 21.4 Å². The Labute approximate surface area is 167 Å². The summed E-state index contributed by atoms with van der Waals surface area (Å²) < 4.78 is 31.6. The molecule has 0 heterocycles.